The van der Waals surface area contributed by atoms with Crippen LogP contribution in [-0.4, -0.2) is 24.0 Å². The third-order valence-electron chi connectivity index (χ3n) is 2.70. The van der Waals surface area contributed by atoms with E-state index in [0.717, 1.165) is 16.5 Å². The number of amides is 1. The van der Waals surface area contributed by atoms with Crippen LogP contribution in [0.4, 0.5) is 0 Å². The van der Waals surface area contributed by atoms with Crippen LogP contribution in [-0.2, 0) is 11.2 Å². The minimum atomic E-state index is -0.496. The Labute approximate surface area is 93.8 Å². The van der Waals surface area contributed by atoms with Crippen molar-refractivity contribution in [2.24, 2.45) is 5.73 Å². The zero-order valence-corrected chi connectivity index (χ0v) is 9.16. The molecule has 1 aromatic carbocycles. The van der Waals surface area contributed by atoms with Crippen LogP contribution in [0.2, 0.25) is 0 Å². The second-order valence-electron chi connectivity index (χ2n) is 3.78. The first-order valence-corrected chi connectivity index (χ1v) is 5.24. The SMILES string of the molecule is CNC(=O)C(N)Cc1c[nH]c2ccccc12. The summed E-state index contributed by atoms with van der Waals surface area (Å²) in [6.07, 6.45) is 2.46. The summed E-state index contributed by atoms with van der Waals surface area (Å²) in [5, 5.41) is 3.68. The average molecular weight is 217 g/mol. The molecule has 2 aromatic rings. The molecule has 1 atom stereocenters. The number of nitrogens with two attached hydrogens (primary N) is 1. The van der Waals surface area contributed by atoms with Gasteiger partial charge in [-0.2, -0.15) is 0 Å². The van der Waals surface area contributed by atoms with Gasteiger partial charge in [-0.3, -0.25) is 4.79 Å². The van der Waals surface area contributed by atoms with Gasteiger partial charge in [-0.15, -0.1) is 0 Å². The highest BCUT2D eigenvalue weighted by Crippen LogP contribution is 2.18. The molecule has 0 aliphatic heterocycles. The predicted molar refractivity (Wildman–Crippen MR) is 64.0 cm³/mol. The number of hydrogen-bond acceptors (Lipinski definition) is 2. The van der Waals surface area contributed by atoms with Gasteiger partial charge in [0.25, 0.3) is 0 Å². The molecule has 0 saturated heterocycles. The van der Waals surface area contributed by atoms with Gasteiger partial charge in [-0.25, -0.2) is 0 Å². The van der Waals surface area contributed by atoms with E-state index in [2.05, 4.69) is 10.3 Å². The molecule has 16 heavy (non-hydrogen) atoms. The van der Waals surface area contributed by atoms with Crippen molar-refractivity contribution in [3.8, 4) is 0 Å². The molecule has 0 spiro atoms. The number of benzene rings is 1. The molecule has 2 rings (SSSR count). The molecule has 1 amide bonds. The quantitative estimate of drug-likeness (QED) is 0.711. The molecule has 0 aliphatic rings. The standard InChI is InChI=1S/C12H15N3O/c1-14-12(16)10(13)6-8-7-15-11-5-3-2-4-9(8)11/h2-5,7,10,15H,6,13H2,1H3,(H,14,16). The zero-order valence-electron chi connectivity index (χ0n) is 9.16. The summed E-state index contributed by atoms with van der Waals surface area (Å²) < 4.78 is 0. The molecule has 4 nitrogen and oxygen atoms in total. The maximum Gasteiger partial charge on any atom is 0.237 e. The van der Waals surface area contributed by atoms with Crippen molar-refractivity contribution in [2.45, 2.75) is 12.5 Å². The van der Waals surface area contributed by atoms with Crippen molar-refractivity contribution in [2.75, 3.05) is 7.05 Å². The van der Waals surface area contributed by atoms with Crippen molar-refractivity contribution in [1.29, 1.82) is 0 Å². The first-order valence-electron chi connectivity index (χ1n) is 5.24. The molecule has 0 bridgehead atoms. The van der Waals surface area contributed by atoms with Crippen LogP contribution >= 0.6 is 0 Å². The normalized spacial score (nSPS) is 12.6. The second kappa shape index (κ2) is 4.37. The Hall–Kier alpha value is -1.81. The fourth-order valence-corrected chi connectivity index (χ4v) is 1.82. The lowest BCUT2D eigenvalue weighted by molar-refractivity contribution is -0.121. The number of carbonyl (C=O) groups is 1. The molecule has 0 aliphatic carbocycles. The number of carbonyl (C=O) groups excluding carboxylic acids is 1. The smallest absolute Gasteiger partial charge is 0.237 e. The van der Waals surface area contributed by atoms with Crippen molar-refractivity contribution in [1.82, 2.24) is 10.3 Å². The number of fused-ring (bicyclic) bond motifs is 1. The molecule has 1 heterocycles. The van der Waals surface area contributed by atoms with Crippen molar-refractivity contribution in [3.63, 3.8) is 0 Å². The molecule has 84 valence electrons. The van der Waals surface area contributed by atoms with Crippen LogP contribution < -0.4 is 11.1 Å². The summed E-state index contributed by atoms with van der Waals surface area (Å²) in [6, 6.07) is 7.48. The predicted octanol–water partition coefficient (Wildman–Crippen LogP) is 0.784. The van der Waals surface area contributed by atoms with Crippen LogP contribution in [0.5, 0.6) is 0 Å². The van der Waals surface area contributed by atoms with Crippen LogP contribution in [0.25, 0.3) is 10.9 Å². The molecular weight excluding hydrogens is 202 g/mol. The summed E-state index contributed by atoms with van der Waals surface area (Å²) in [4.78, 5) is 14.5. The number of nitrogens with one attached hydrogen (secondary N) is 2. The number of rotatable bonds is 3. The first kappa shape index (κ1) is 10.7. The fourth-order valence-electron chi connectivity index (χ4n) is 1.82. The van der Waals surface area contributed by atoms with Gasteiger partial charge in [0.1, 0.15) is 0 Å². The number of H-pyrrole nitrogens is 1. The van der Waals surface area contributed by atoms with Crippen molar-refractivity contribution < 1.29 is 4.79 Å². The maximum atomic E-state index is 11.3. The maximum absolute atomic E-state index is 11.3. The number of hydrogen-bond donors (Lipinski definition) is 3. The van der Waals surface area contributed by atoms with E-state index in [1.165, 1.54) is 0 Å². The number of aromatic nitrogens is 1. The van der Waals surface area contributed by atoms with Crippen LogP contribution in [0.15, 0.2) is 30.5 Å². The highest BCUT2D eigenvalue weighted by molar-refractivity contribution is 5.85. The molecule has 0 saturated carbocycles. The number of aromatic amines is 1. The van der Waals surface area contributed by atoms with Gasteiger partial charge in [0, 0.05) is 24.1 Å². The summed E-state index contributed by atoms with van der Waals surface area (Å²) in [5.74, 6) is -0.134. The highest BCUT2D eigenvalue weighted by atomic mass is 16.2. The molecule has 0 radical (unpaired) electrons. The molecule has 4 heteroatoms. The second-order valence-corrected chi connectivity index (χ2v) is 3.78. The van der Waals surface area contributed by atoms with E-state index in [0.29, 0.717) is 6.42 Å². The van der Waals surface area contributed by atoms with Crippen LogP contribution in [0.3, 0.4) is 0 Å². The van der Waals surface area contributed by atoms with Crippen molar-refractivity contribution >= 4 is 16.8 Å². The Morgan fingerprint density at radius 1 is 1.50 bits per heavy atom. The van der Waals surface area contributed by atoms with Gasteiger partial charge in [0.2, 0.25) is 5.91 Å². The lowest BCUT2D eigenvalue weighted by Gasteiger charge is -2.08. The molecular formula is C12H15N3O. The summed E-state index contributed by atoms with van der Waals surface area (Å²) in [6.45, 7) is 0. The molecule has 0 fully saturated rings. The van der Waals surface area contributed by atoms with E-state index >= 15 is 0 Å². The van der Waals surface area contributed by atoms with Gasteiger partial charge in [-0.05, 0) is 18.1 Å². The van der Waals surface area contributed by atoms with Crippen molar-refractivity contribution in [3.05, 3.63) is 36.0 Å². The lowest BCUT2D eigenvalue weighted by Crippen LogP contribution is -2.40. The lowest BCUT2D eigenvalue weighted by atomic mass is 10.1. The van der Waals surface area contributed by atoms with Gasteiger partial charge < -0.3 is 16.0 Å². The van der Waals surface area contributed by atoms with E-state index in [1.54, 1.807) is 7.05 Å². The number of para-hydroxylation sites is 1. The van der Waals surface area contributed by atoms with Gasteiger partial charge in [-0.1, -0.05) is 18.2 Å². The van der Waals surface area contributed by atoms with E-state index < -0.39 is 6.04 Å². The minimum Gasteiger partial charge on any atom is -0.361 e. The molecule has 1 unspecified atom stereocenters. The third-order valence-corrected chi connectivity index (χ3v) is 2.70. The fraction of sp³-hybridized carbons (Fsp3) is 0.250. The summed E-state index contributed by atoms with van der Waals surface area (Å²) in [5.41, 5.74) is 7.93. The van der Waals surface area contributed by atoms with Gasteiger partial charge >= 0.3 is 0 Å². The van der Waals surface area contributed by atoms with E-state index in [4.69, 9.17) is 5.73 Å². The Kier molecular flexibility index (Phi) is 2.92. The first-order chi connectivity index (χ1) is 7.72. The molecule has 1 aromatic heterocycles. The summed E-state index contributed by atoms with van der Waals surface area (Å²) >= 11 is 0. The van der Waals surface area contributed by atoms with Crippen LogP contribution in [0.1, 0.15) is 5.56 Å². The summed E-state index contributed by atoms with van der Waals surface area (Å²) in [7, 11) is 1.59. The topological polar surface area (TPSA) is 70.9 Å². The van der Waals surface area contributed by atoms with Gasteiger partial charge in [0.15, 0.2) is 0 Å². The van der Waals surface area contributed by atoms with E-state index in [-0.39, 0.29) is 5.91 Å². The minimum absolute atomic E-state index is 0.134. The largest absolute Gasteiger partial charge is 0.361 e. The highest BCUT2D eigenvalue weighted by Gasteiger charge is 2.14. The third kappa shape index (κ3) is 1.92. The monoisotopic (exact) mass is 217 g/mol. The Balaban J connectivity index is 2.24. The Bertz CT molecular complexity index is 504. The van der Waals surface area contributed by atoms with E-state index in [9.17, 15) is 4.79 Å². The zero-order chi connectivity index (χ0) is 11.5. The van der Waals surface area contributed by atoms with Gasteiger partial charge in [0.05, 0.1) is 6.04 Å². The molecule has 4 N–H and O–H groups in total. The Morgan fingerprint density at radius 3 is 3.00 bits per heavy atom. The average Bonchev–Trinajstić information content (AvgIpc) is 2.72. The van der Waals surface area contributed by atoms with E-state index in [1.807, 2.05) is 30.5 Å². The number of likely N-dealkylation sites (N-methyl/N-ethyl adjacent to an activating group) is 1. The Morgan fingerprint density at radius 2 is 2.25 bits per heavy atom. The van der Waals surface area contributed by atoms with Crippen LogP contribution in [0, 0.1) is 0 Å².